The van der Waals surface area contributed by atoms with Gasteiger partial charge < -0.3 is 10.8 Å². The van der Waals surface area contributed by atoms with E-state index in [-0.39, 0.29) is 5.92 Å². The Morgan fingerprint density at radius 2 is 1.85 bits per heavy atom. The zero-order valence-electron chi connectivity index (χ0n) is 9.51. The second-order valence-electron chi connectivity index (χ2n) is 4.56. The quantitative estimate of drug-likeness (QED) is 0.669. The van der Waals surface area contributed by atoms with Crippen LogP contribution in [-0.4, -0.2) is 17.3 Å². The first-order valence-electron chi connectivity index (χ1n) is 5.38. The van der Waals surface area contributed by atoms with Crippen molar-refractivity contribution in [3.63, 3.8) is 0 Å². The summed E-state index contributed by atoms with van der Waals surface area (Å²) in [5, 5.41) is 10.2. The molecule has 0 aromatic carbocycles. The Morgan fingerprint density at radius 3 is 2.15 bits per heavy atom. The van der Waals surface area contributed by atoms with Gasteiger partial charge in [-0.05, 0) is 18.3 Å². The summed E-state index contributed by atoms with van der Waals surface area (Å²) in [6.45, 7) is 8.80. The highest BCUT2D eigenvalue weighted by atomic mass is 16.3. The molecule has 0 aliphatic heterocycles. The van der Waals surface area contributed by atoms with Crippen LogP contribution in [0.1, 0.15) is 47.0 Å². The highest BCUT2D eigenvalue weighted by Crippen LogP contribution is 2.26. The van der Waals surface area contributed by atoms with E-state index in [0.717, 1.165) is 6.42 Å². The van der Waals surface area contributed by atoms with Gasteiger partial charge in [-0.25, -0.2) is 0 Å². The fourth-order valence-corrected chi connectivity index (χ4v) is 1.75. The lowest BCUT2D eigenvalue weighted by molar-refractivity contribution is -0.0174. The summed E-state index contributed by atoms with van der Waals surface area (Å²) in [6, 6.07) is 0. The summed E-state index contributed by atoms with van der Waals surface area (Å²) in [7, 11) is 0. The van der Waals surface area contributed by atoms with Gasteiger partial charge in [0.25, 0.3) is 0 Å². The lowest BCUT2D eigenvalue weighted by Gasteiger charge is -2.33. The van der Waals surface area contributed by atoms with Crippen LogP contribution in [0.2, 0.25) is 0 Å². The molecule has 80 valence electrons. The highest BCUT2D eigenvalue weighted by Gasteiger charge is 2.30. The minimum absolute atomic E-state index is 0.247. The van der Waals surface area contributed by atoms with Gasteiger partial charge in [-0.1, -0.05) is 40.5 Å². The number of aliphatic hydroxyl groups is 1. The monoisotopic (exact) mass is 187 g/mol. The van der Waals surface area contributed by atoms with E-state index in [0.29, 0.717) is 12.5 Å². The van der Waals surface area contributed by atoms with Crippen molar-refractivity contribution >= 4 is 0 Å². The molecule has 0 spiro atoms. The van der Waals surface area contributed by atoms with Gasteiger partial charge in [-0.3, -0.25) is 0 Å². The molecule has 3 N–H and O–H groups in total. The second kappa shape index (κ2) is 5.61. The molecule has 0 saturated carbocycles. The Labute approximate surface area is 82.5 Å². The van der Waals surface area contributed by atoms with Crippen molar-refractivity contribution < 1.29 is 5.11 Å². The molecular weight excluding hydrogens is 162 g/mol. The molecule has 0 aliphatic carbocycles. The van der Waals surface area contributed by atoms with Crippen molar-refractivity contribution in [2.24, 2.45) is 17.6 Å². The molecule has 0 aliphatic rings. The molecule has 2 heteroatoms. The maximum Gasteiger partial charge on any atom is 0.0794 e. The Balaban J connectivity index is 4.10. The van der Waals surface area contributed by atoms with E-state index in [4.69, 9.17) is 5.73 Å². The van der Waals surface area contributed by atoms with Crippen molar-refractivity contribution in [3.8, 4) is 0 Å². The van der Waals surface area contributed by atoms with Gasteiger partial charge >= 0.3 is 0 Å². The molecule has 0 fully saturated rings. The molecule has 0 aromatic heterocycles. The Hall–Kier alpha value is -0.0800. The van der Waals surface area contributed by atoms with Gasteiger partial charge in [-0.15, -0.1) is 0 Å². The smallest absolute Gasteiger partial charge is 0.0794 e. The van der Waals surface area contributed by atoms with E-state index < -0.39 is 5.60 Å². The largest absolute Gasteiger partial charge is 0.388 e. The second-order valence-corrected chi connectivity index (χ2v) is 4.56. The number of hydrogen-bond acceptors (Lipinski definition) is 2. The van der Waals surface area contributed by atoms with Gasteiger partial charge in [0.05, 0.1) is 5.60 Å². The predicted octanol–water partition coefficient (Wildman–Crippen LogP) is 2.16. The molecule has 2 atom stereocenters. The van der Waals surface area contributed by atoms with E-state index in [9.17, 15) is 5.11 Å². The van der Waals surface area contributed by atoms with E-state index in [1.165, 1.54) is 12.8 Å². The van der Waals surface area contributed by atoms with Gasteiger partial charge in [0.15, 0.2) is 0 Å². The Bertz CT molecular complexity index is 136. The Morgan fingerprint density at radius 1 is 1.31 bits per heavy atom. The fourth-order valence-electron chi connectivity index (χ4n) is 1.75. The average Bonchev–Trinajstić information content (AvgIpc) is 2.04. The minimum atomic E-state index is -0.658. The normalized spacial score (nSPS) is 18.7. The van der Waals surface area contributed by atoms with Gasteiger partial charge in [0, 0.05) is 6.54 Å². The summed E-state index contributed by atoms with van der Waals surface area (Å²) in [5.74, 6) is 0.817. The zero-order chi connectivity index (χ0) is 10.5. The van der Waals surface area contributed by atoms with Crippen LogP contribution in [0.3, 0.4) is 0 Å². The number of rotatable bonds is 6. The third-order valence-electron chi connectivity index (χ3n) is 2.91. The first kappa shape index (κ1) is 12.9. The van der Waals surface area contributed by atoms with Crippen LogP contribution in [0.25, 0.3) is 0 Å². The number of nitrogens with two attached hydrogens (primary N) is 1. The zero-order valence-corrected chi connectivity index (χ0v) is 9.51. The average molecular weight is 187 g/mol. The predicted molar refractivity (Wildman–Crippen MR) is 57.5 cm³/mol. The summed E-state index contributed by atoms with van der Waals surface area (Å²) < 4.78 is 0. The molecule has 2 unspecified atom stereocenters. The first-order valence-corrected chi connectivity index (χ1v) is 5.38. The Kier molecular flexibility index (Phi) is 5.57. The van der Waals surface area contributed by atoms with Crippen LogP contribution >= 0.6 is 0 Å². The summed E-state index contributed by atoms with van der Waals surface area (Å²) in [6.07, 6.45) is 3.18. The third-order valence-corrected chi connectivity index (χ3v) is 2.91. The van der Waals surface area contributed by atoms with E-state index in [2.05, 4.69) is 13.8 Å². The first-order chi connectivity index (χ1) is 5.96. The van der Waals surface area contributed by atoms with Crippen LogP contribution in [0, 0.1) is 11.8 Å². The number of hydrogen-bond donors (Lipinski definition) is 2. The van der Waals surface area contributed by atoms with Crippen molar-refractivity contribution in [2.45, 2.75) is 52.6 Å². The maximum absolute atomic E-state index is 10.2. The van der Waals surface area contributed by atoms with Crippen molar-refractivity contribution in [1.82, 2.24) is 0 Å². The SMILES string of the molecule is CCCC(C)CC(O)(CN)C(C)C. The lowest BCUT2D eigenvalue weighted by Crippen LogP contribution is -2.44. The van der Waals surface area contributed by atoms with Crippen LogP contribution in [-0.2, 0) is 0 Å². The third kappa shape index (κ3) is 4.10. The summed E-state index contributed by atoms with van der Waals surface area (Å²) in [4.78, 5) is 0. The standard InChI is InChI=1S/C11H25NO/c1-5-6-10(4)7-11(13,8-12)9(2)3/h9-10,13H,5-8,12H2,1-4H3. The summed E-state index contributed by atoms with van der Waals surface area (Å²) >= 11 is 0. The van der Waals surface area contributed by atoms with Crippen molar-refractivity contribution in [3.05, 3.63) is 0 Å². The highest BCUT2D eigenvalue weighted by molar-refractivity contribution is 4.84. The topological polar surface area (TPSA) is 46.2 Å². The van der Waals surface area contributed by atoms with E-state index >= 15 is 0 Å². The minimum Gasteiger partial charge on any atom is -0.388 e. The molecule has 0 radical (unpaired) electrons. The van der Waals surface area contributed by atoms with Crippen molar-refractivity contribution in [1.29, 1.82) is 0 Å². The summed E-state index contributed by atoms with van der Waals surface area (Å²) in [5.41, 5.74) is 4.94. The van der Waals surface area contributed by atoms with Crippen LogP contribution in [0.4, 0.5) is 0 Å². The van der Waals surface area contributed by atoms with Crippen LogP contribution < -0.4 is 5.73 Å². The molecule has 0 bridgehead atoms. The lowest BCUT2D eigenvalue weighted by atomic mass is 9.81. The van der Waals surface area contributed by atoms with Crippen LogP contribution in [0.15, 0.2) is 0 Å². The molecule has 0 amide bonds. The van der Waals surface area contributed by atoms with E-state index in [1.807, 2.05) is 13.8 Å². The molecule has 13 heavy (non-hydrogen) atoms. The molecule has 0 heterocycles. The van der Waals surface area contributed by atoms with Crippen molar-refractivity contribution in [2.75, 3.05) is 6.54 Å². The van der Waals surface area contributed by atoms with Gasteiger partial charge in [-0.2, -0.15) is 0 Å². The molecular formula is C11H25NO. The molecule has 2 nitrogen and oxygen atoms in total. The molecule has 0 aromatic rings. The van der Waals surface area contributed by atoms with E-state index in [1.54, 1.807) is 0 Å². The molecule has 0 rings (SSSR count). The van der Waals surface area contributed by atoms with Gasteiger partial charge in [0.1, 0.15) is 0 Å². The maximum atomic E-state index is 10.2. The van der Waals surface area contributed by atoms with Gasteiger partial charge in [0.2, 0.25) is 0 Å². The fraction of sp³-hybridized carbons (Fsp3) is 1.00. The van der Waals surface area contributed by atoms with Crippen LogP contribution in [0.5, 0.6) is 0 Å². The molecule has 0 saturated heterocycles.